The van der Waals surface area contributed by atoms with E-state index in [1.54, 1.807) is 0 Å². The van der Waals surface area contributed by atoms with Crippen molar-refractivity contribution < 1.29 is 19.1 Å². The fourth-order valence-corrected chi connectivity index (χ4v) is 20.5. The van der Waals surface area contributed by atoms with Gasteiger partial charge in [-0.3, -0.25) is 0 Å². The van der Waals surface area contributed by atoms with Crippen molar-refractivity contribution in [2.24, 2.45) is 5.41 Å². The van der Waals surface area contributed by atoms with Crippen LogP contribution in [-0.2, 0) is 19.1 Å². The molecular weight excluding hydrogens is 483 g/mol. The molecule has 0 aromatic heterocycles. The average molecular weight is 527 g/mol. The number of hydrogen-bond donors (Lipinski definition) is 0. The zero-order chi connectivity index (χ0) is 22.6. The maximum atomic E-state index is 12.6. The molecule has 1 fully saturated rings. The molecule has 172 valence electrons. The molecule has 1 aliphatic rings. The van der Waals surface area contributed by atoms with E-state index in [1.807, 2.05) is 0 Å². The van der Waals surface area contributed by atoms with E-state index in [1.165, 1.54) is 71.6 Å². The second kappa shape index (κ2) is 13.6. The van der Waals surface area contributed by atoms with Crippen LogP contribution >= 0.6 is 0 Å². The first-order chi connectivity index (χ1) is 14.3. The molecule has 0 atom stereocenters. The zero-order valence-electron chi connectivity index (χ0n) is 20.1. The Bertz CT molecular complexity index is 570. The standard InChI is InChI=1S/C13H17O4.3C4H9.Sn/c1-9-5-6-13(11(14)16-3,12(15)17-4)8-10(2)7-9;3*1-3-4-2;/h1H,2,5-8H2,3-4H3;3*1,3-4H2,2H3;. The Hall–Kier alpha value is -0.781. The van der Waals surface area contributed by atoms with Crippen molar-refractivity contribution in [2.45, 2.75) is 98.3 Å². The minimum absolute atomic E-state index is 0.324. The molecule has 0 aromatic carbocycles. The fourth-order valence-electron chi connectivity index (χ4n) is 4.92. The molecule has 4 nitrogen and oxygen atoms in total. The molecule has 0 aliphatic heterocycles. The van der Waals surface area contributed by atoms with Crippen LogP contribution in [0.15, 0.2) is 21.8 Å². The molecule has 0 unspecified atom stereocenters. The van der Waals surface area contributed by atoms with Crippen LogP contribution in [0.1, 0.15) is 85.0 Å². The van der Waals surface area contributed by atoms with E-state index < -0.39 is 35.7 Å². The number of carbonyl (C=O) groups is 2. The van der Waals surface area contributed by atoms with Crippen molar-refractivity contribution in [3.8, 4) is 0 Å². The van der Waals surface area contributed by atoms with Gasteiger partial charge in [-0.25, -0.2) is 0 Å². The number of hydrogen-bond acceptors (Lipinski definition) is 4. The SMILES string of the molecule is C=C1C/C(=[CH]/[Sn]([CH2]CCC)([CH2]CCC)[CH2]CCC)CCC(C(=O)OC)(C(=O)OC)C1. The third-order valence-corrected chi connectivity index (χ3v) is 21.1. The quantitative estimate of drug-likeness (QED) is 0.0925. The molecule has 1 saturated carbocycles. The fraction of sp³-hybridized carbons (Fsp3) is 0.760. The molecule has 30 heavy (non-hydrogen) atoms. The summed E-state index contributed by atoms with van der Waals surface area (Å²) in [6.07, 6.45) is 10.1. The van der Waals surface area contributed by atoms with E-state index >= 15 is 0 Å². The summed E-state index contributed by atoms with van der Waals surface area (Å²) in [5, 5.41) is 0. The normalized spacial score (nSPS) is 18.2. The van der Waals surface area contributed by atoms with Crippen molar-refractivity contribution >= 4 is 30.3 Å². The number of rotatable bonds is 12. The van der Waals surface area contributed by atoms with Crippen LogP contribution < -0.4 is 0 Å². The summed E-state index contributed by atoms with van der Waals surface area (Å²) in [5.41, 5.74) is 1.11. The van der Waals surface area contributed by atoms with Gasteiger partial charge in [-0.05, 0) is 0 Å². The average Bonchev–Trinajstić information content (AvgIpc) is 2.92. The van der Waals surface area contributed by atoms with Crippen LogP contribution in [0.25, 0.3) is 0 Å². The molecular formula is C25H44O4Sn. The summed E-state index contributed by atoms with van der Waals surface area (Å²) < 4.78 is 17.0. The summed E-state index contributed by atoms with van der Waals surface area (Å²) in [4.78, 5) is 25.3. The minimum atomic E-state index is -2.45. The molecule has 0 heterocycles. The number of ether oxygens (including phenoxy) is 2. The predicted molar refractivity (Wildman–Crippen MR) is 127 cm³/mol. The Morgan fingerprint density at radius 1 is 0.967 bits per heavy atom. The number of methoxy groups -OCH3 is 2. The first-order valence-electron chi connectivity index (χ1n) is 11.9. The van der Waals surface area contributed by atoms with Crippen LogP contribution in [0.2, 0.25) is 13.3 Å². The van der Waals surface area contributed by atoms with Crippen molar-refractivity contribution in [3.63, 3.8) is 0 Å². The van der Waals surface area contributed by atoms with E-state index in [0.29, 0.717) is 12.8 Å². The third-order valence-electron chi connectivity index (χ3n) is 6.65. The first-order valence-corrected chi connectivity index (χ1v) is 19.6. The number of unbranched alkanes of at least 4 members (excludes halogenated alkanes) is 3. The van der Waals surface area contributed by atoms with E-state index in [-0.39, 0.29) is 0 Å². The maximum absolute atomic E-state index is 12.6. The van der Waals surface area contributed by atoms with Crippen LogP contribution in [0.5, 0.6) is 0 Å². The van der Waals surface area contributed by atoms with E-state index in [2.05, 4.69) is 31.4 Å². The summed E-state index contributed by atoms with van der Waals surface area (Å²) in [5.74, 6) is -0.982. The second-order valence-electron chi connectivity index (χ2n) is 9.14. The van der Waals surface area contributed by atoms with Crippen molar-refractivity contribution in [1.29, 1.82) is 0 Å². The molecule has 0 aromatic rings. The zero-order valence-corrected chi connectivity index (χ0v) is 23.0. The van der Waals surface area contributed by atoms with Gasteiger partial charge in [-0.1, -0.05) is 0 Å². The molecule has 1 aliphatic carbocycles. The predicted octanol–water partition coefficient (Wildman–Crippen LogP) is 6.76. The number of allylic oxidation sites excluding steroid dienone is 2. The van der Waals surface area contributed by atoms with Gasteiger partial charge >= 0.3 is 189 Å². The molecule has 1 rings (SSSR count). The van der Waals surface area contributed by atoms with Gasteiger partial charge < -0.3 is 0 Å². The molecule has 0 bridgehead atoms. The van der Waals surface area contributed by atoms with Gasteiger partial charge in [0.25, 0.3) is 0 Å². The summed E-state index contributed by atoms with van der Waals surface area (Å²) in [7, 11) is 2.69. The summed E-state index contributed by atoms with van der Waals surface area (Å²) in [6.45, 7) is 11.1. The molecule has 5 heteroatoms. The Balaban J connectivity index is 3.28. The Kier molecular flexibility index (Phi) is 12.3. The van der Waals surface area contributed by atoms with E-state index in [4.69, 9.17) is 9.47 Å². The van der Waals surface area contributed by atoms with Gasteiger partial charge in [0, 0.05) is 0 Å². The Morgan fingerprint density at radius 2 is 1.43 bits per heavy atom. The Morgan fingerprint density at radius 3 is 1.83 bits per heavy atom. The molecule has 0 amide bonds. The third kappa shape index (κ3) is 7.42. The van der Waals surface area contributed by atoms with Gasteiger partial charge in [0.05, 0.1) is 0 Å². The van der Waals surface area contributed by atoms with Gasteiger partial charge in [0.1, 0.15) is 0 Å². The molecule has 0 saturated heterocycles. The number of esters is 2. The van der Waals surface area contributed by atoms with Crippen molar-refractivity contribution in [2.75, 3.05) is 14.2 Å². The molecule has 0 radical (unpaired) electrons. The van der Waals surface area contributed by atoms with Crippen LogP contribution in [0.4, 0.5) is 0 Å². The van der Waals surface area contributed by atoms with E-state index in [9.17, 15) is 9.59 Å². The van der Waals surface area contributed by atoms with Crippen LogP contribution in [0, 0.1) is 5.41 Å². The topological polar surface area (TPSA) is 52.6 Å². The van der Waals surface area contributed by atoms with Crippen molar-refractivity contribution in [3.05, 3.63) is 21.8 Å². The van der Waals surface area contributed by atoms with Crippen molar-refractivity contribution in [1.82, 2.24) is 0 Å². The van der Waals surface area contributed by atoms with Gasteiger partial charge in [0.15, 0.2) is 0 Å². The van der Waals surface area contributed by atoms with Gasteiger partial charge in [-0.2, -0.15) is 0 Å². The van der Waals surface area contributed by atoms with E-state index in [0.717, 1.165) is 18.4 Å². The van der Waals surface area contributed by atoms with Gasteiger partial charge in [0.2, 0.25) is 0 Å². The first kappa shape index (κ1) is 27.3. The number of carbonyl (C=O) groups excluding carboxylic acids is 2. The Labute approximate surface area is 188 Å². The summed E-state index contributed by atoms with van der Waals surface area (Å²) >= 11 is -2.45. The summed E-state index contributed by atoms with van der Waals surface area (Å²) in [6, 6.07) is 0. The van der Waals surface area contributed by atoms with Crippen LogP contribution in [0.3, 0.4) is 0 Å². The van der Waals surface area contributed by atoms with Crippen LogP contribution in [-0.4, -0.2) is 44.5 Å². The monoisotopic (exact) mass is 528 g/mol. The second-order valence-corrected chi connectivity index (χ2v) is 22.0. The molecule has 0 spiro atoms. The molecule has 0 N–H and O–H groups in total. The van der Waals surface area contributed by atoms with Gasteiger partial charge in [-0.15, -0.1) is 0 Å².